The zero-order valence-corrected chi connectivity index (χ0v) is 12.8. The second kappa shape index (κ2) is 8.05. The molecular formula is C16H28N2O. The lowest BCUT2D eigenvalue weighted by Gasteiger charge is -2.26. The molecule has 0 bridgehead atoms. The van der Waals surface area contributed by atoms with Crippen molar-refractivity contribution in [1.82, 2.24) is 4.90 Å². The van der Waals surface area contributed by atoms with Gasteiger partial charge < -0.3 is 10.5 Å². The molecule has 0 radical (unpaired) electrons. The van der Waals surface area contributed by atoms with Crippen LogP contribution in [0, 0.1) is 5.92 Å². The van der Waals surface area contributed by atoms with E-state index in [2.05, 4.69) is 25.7 Å². The summed E-state index contributed by atoms with van der Waals surface area (Å²) < 4.78 is 5.27. The van der Waals surface area contributed by atoms with Crippen LogP contribution in [0.2, 0.25) is 0 Å². The van der Waals surface area contributed by atoms with Crippen LogP contribution in [0.3, 0.4) is 0 Å². The molecule has 0 fully saturated rings. The number of methoxy groups -OCH3 is 1. The normalized spacial score (nSPS) is 11.3. The van der Waals surface area contributed by atoms with Gasteiger partial charge >= 0.3 is 0 Å². The number of nitrogen functional groups attached to an aromatic ring is 1. The number of rotatable bonds is 8. The van der Waals surface area contributed by atoms with Crippen LogP contribution in [0.15, 0.2) is 18.2 Å². The molecule has 3 nitrogen and oxygen atoms in total. The standard InChI is InChI=1S/C16H28N2O/c1-5-13(6-2)11-18(7-3)12-14-10-15(19-4)8-9-16(14)17/h8-10,13H,5-7,11-12,17H2,1-4H3. The van der Waals surface area contributed by atoms with Gasteiger partial charge in [-0.1, -0.05) is 33.6 Å². The van der Waals surface area contributed by atoms with Crippen molar-refractivity contribution in [3.63, 3.8) is 0 Å². The van der Waals surface area contributed by atoms with Crippen molar-refractivity contribution in [2.75, 3.05) is 25.9 Å². The average Bonchev–Trinajstić information content (AvgIpc) is 2.45. The molecule has 0 spiro atoms. The highest BCUT2D eigenvalue weighted by molar-refractivity contribution is 5.50. The molecule has 1 aromatic rings. The van der Waals surface area contributed by atoms with Crippen LogP contribution in [0.4, 0.5) is 5.69 Å². The molecule has 0 heterocycles. The van der Waals surface area contributed by atoms with E-state index in [-0.39, 0.29) is 0 Å². The Kier molecular flexibility index (Phi) is 6.71. The summed E-state index contributed by atoms with van der Waals surface area (Å²) >= 11 is 0. The lowest BCUT2D eigenvalue weighted by Crippen LogP contribution is -2.29. The molecule has 0 saturated carbocycles. The summed E-state index contributed by atoms with van der Waals surface area (Å²) in [6, 6.07) is 5.89. The van der Waals surface area contributed by atoms with Gasteiger partial charge in [0.2, 0.25) is 0 Å². The first-order chi connectivity index (χ1) is 9.14. The summed E-state index contributed by atoms with van der Waals surface area (Å²) in [6.45, 7) is 9.83. The fourth-order valence-corrected chi connectivity index (χ4v) is 2.30. The molecule has 0 aliphatic rings. The van der Waals surface area contributed by atoms with Crippen LogP contribution in [0.1, 0.15) is 39.2 Å². The van der Waals surface area contributed by atoms with E-state index in [0.29, 0.717) is 0 Å². The number of benzene rings is 1. The molecule has 0 saturated heterocycles. The van der Waals surface area contributed by atoms with Crippen LogP contribution in [0.5, 0.6) is 5.75 Å². The number of hydrogen-bond donors (Lipinski definition) is 1. The van der Waals surface area contributed by atoms with Gasteiger partial charge in [-0.3, -0.25) is 4.90 Å². The summed E-state index contributed by atoms with van der Waals surface area (Å²) in [6.07, 6.45) is 2.47. The summed E-state index contributed by atoms with van der Waals surface area (Å²) in [7, 11) is 1.69. The van der Waals surface area contributed by atoms with Gasteiger partial charge in [0.15, 0.2) is 0 Å². The van der Waals surface area contributed by atoms with E-state index in [0.717, 1.165) is 42.6 Å². The Balaban J connectivity index is 2.74. The molecule has 3 heteroatoms. The van der Waals surface area contributed by atoms with Gasteiger partial charge in [0.25, 0.3) is 0 Å². The Bertz CT molecular complexity index is 375. The highest BCUT2D eigenvalue weighted by Crippen LogP contribution is 2.22. The maximum absolute atomic E-state index is 6.06. The molecule has 19 heavy (non-hydrogen) atoms. The lowest BCUT2D eigenvalue weighted by atomic mass is 10.0. The Hall–Kier alpha value is -1.22. The maximum atomic E-state index is 6.06. The van der Waals surface area contributed by atoms with Gasteiger partial charge in [0.05, 0.1) is 7.11 Å². The van der Waals surface area contributed by atoms with Gasteiger partial charge in [-0.2, -0.15) is 0 Å². The third-order valence-electron chi connectivity index (χ3n) is 3.86. The van der Waals surface area contributed by atoms with Crippen LogP contribution >= 0.6 is 0 Å². The Labute approximate surface area is 117 Å². The highest BCUT2D eigenvalue weighted by atomic mass is 16.5. The maximum Gasteiger partial charge on any atom is 0.119 e. The van der Waals surface area contributed by atoms with E-state index < -0.39 is 0 Å². The average molecular weight is 264 g/mol. The molecular weight excluding hydrogens is 236 g/mol. The number of hydrogen-bond acceptors (Lipinski definition) is 3. The topological polar surface area (TPSA) is 38.5 Å². The first-order valence-electron chi connectivity index (χ1n) is 7.29. The summed E-state index contributed by atoms with van der Waals surface area (Å²) in [5.74, 6) is 1.65. The lowest BCUT2D eigenvalue weighted by molar-refractivity contribution is 0.226. The third kappa shape index (κ3) is 4.75. The van der Waals surface area contributed by atoms with Crippen molar-refractivity contribution in [3.05, 3.63) is 23.8 Å². The third-order valence-corrected chi connectivity index (χ3v) is 3.86. The molecule has 2 N–H and O–H groups in total. The largest absolute Gasteiger partial charge is 0.497 e. The monoisotopic (exact) mass is 264 g/mol. The summed E-state index contributed by atoms with van der Waals surface area (Å²) in [5, 5.41) is 0. The van der Waals surface area contributed by atoms with Crippen LogP contribution in [0.25, 0.3) is 0 Å². The van der Waals surface area contributed by atoms with Crippen molar-refractivity contribution < 1.29 is 4.74 Å². The predicted octanol–water partition coefficient (Wildman–Crippen LogP) is 3.54. The van der Waals surface area contributed by atoms with Gasteiger partial charge in [0.1, 0.15) is 5.75 Å². The zero-order chi connectivity index (χ0) is 14.3. The first kappa shape index (κ1) is 15.8. The number of ether oxygens (including phenoxy) is 1. The second-order valence-electron chi connectivity index (χ2n) is 5.08. The molecule has 108 valence electrons. The van der Waals surface area contributed by atoms with Crippen LogP contribution in [-0.2, 0) is 6.54 Å². The smallest absolute Gasteiger partial charge is 0.119 e. The zero-order valence-electron chi connectivity index (χ0n) is 12.8. The summed E-state index contributed by atoms with van der Waals surface area (Å²) in [4.78, 5) is 2.46. The van der Waals surface area contributed by atoms with Crippen molar-refractivity contribution in [3.8, 4) is 5.75 Å². The first-order valence-corrected chi connectivity index (χ1v) is 7.29. The fourth-order valence-electron chi connectivity index (χ4n) is 2.30. The molecule has 0 atom stereocenters. The Morgan fingerprint density at radius 2 is 1.89 bits per heavy atom. The quantitative estimate of drug-likeness (QED) is 0.730. The van der Waals surface area contributed by atoms with E-state index in [4.69, 9.17) is 10.5 Å². The van der Waals surface area contributed by atoms with Gasteiger partial charge in [-0.15, -0.1) is 0 Å². The molecule has 0 aliphatic heterocycles. The van der Waals surface area contributed by atoms with Crippen molar-refractivity contribution in [2.24, 2.45) is 5.92 Å². The molecule has 0 amide bonds. The van der Waals surface area contributed by atoms with Crippen LogP contribution in [-0.4, -0.2) is 25.1 Å². The second-order valence-corrected chi connectivity index (χ2v) is 5.08. The molecule has 1 rings (SSSR count). The molecule has 0 aromatic heterocycles. The van der Waals surface area contributed by atoms with Crippen molar-refractivity contribution in [2.45, 2.75) is 40.2 Å². The van der Waals surface area contributed by atoms with Crippen LogP contribution < -0.4 is 10.5 Å². The van der Waals surface area contributed by atoms with Gasteiger partial charge in [-0.05, 0) is 36.2 Å². The Morgan fingerprint density at radius 3 is 2.42 bits per heavy atom. The van der Waals surface area contributed by atoms with E-state index in [1.54, 1.807) is 7.11 Å². The van der Waals surface area contributed by atoms with E-state index in [1.807, 2.05) is 18.2 Å². The molecule has 0 unspecified atom stereocenters. The number of nitrogens with zero attached hydrogens (tertiary/aromatic N) is 1. The fraction of sp³-hybridized carbons (Fsp3) is 0.625. The van der Waals surface area contributed by atoms with Crippen molar-refractivity contribution >= 4 is 5.69 Å². The minimum Gasteiger partial charge on any atom is -0.497 e. The molecule has 1 aromatic carbocycles. The minimum absolute atomic E-state index is 0.770. The SMILES string of the molecule is CCC(CC)CN(CC)Cc1cc(OC)ccc1N. The van der Waals surface area contributed by atoms with E-state index in [1.165, 1.54) is 12.8 Å². The van der Waals surface area contributed by atoms with E-state index >= 15 is 0 Å². The molecule has 0 aliphatic carbocycles. The van der Waals surface area contributed by atoms with Crippen molar-refractivity contribution in [1.29, 1.82) is 0 Å². The van der Waals surface area contributed by atoms with Gasteiger partial charge in [-0.25, -0.2) is 0 Å². The Morgan fingerprint density at radius 1 is 1.21 bits per heavy atom. The van der Waals surface area contributed by atoms with E-state index in [9.17, 15) is 0 Å². The minimum atomic E-state index is 0.770. The number of anilines is 1. The van der Waals surface area contributed by atoms with Gasteiger partial charge in [0, 0.05) is 18.8 Å². The summed E-state index contributed by atoms with van der Waals surface area (Å²) in [5.41, 5.74) is 8.07. The predicted molar refractivity (Wildman–Crippen MR) is 82.4 cm³/mol. The number of nitrogens with two attached hydrogens (primary N) is 1. The highest BCUT2D eigenvalue weighted by Gasteiger charge is 2.12.